The number of rotatable bonds is 4. The summed E-state index contributed by atoms with van der Waals surface area (Å²) in [7, 11) is 0. The number of hydrogen-bond donors (Lipinski definition) is 1. The third-order valence-corrected chi connectivity index (χ3v) is 4.05. The molecular weight excluding hydrogens is 300 g/mol. The number of aryl methyl sites for hydroxylation is 2. The maximum atomic E-state index is 12.3. The molecule has 3 rings (SSSR count). The minimum atomic E-state index is -0.373. The molecule has 0 aliphatic heterocycles. The lowest BCUT2D eigenvalue weighted by Gasteiger charge is -2.15. The number of ether oxygens (including phenoxy) is 1. The standard InChI is InChI=1S/C20H20N2O2/c1-4-24-20(23)17-12-21-18-8-6-5-7-16(18)19(17)22-15-10-9-13(2)14(3)11-15/h5-12H,4H2,1-3H3,(H,21,22). The molecule has 0 radical (unpaired) electrons. The Morgan fingerprint density at radius 1 is 1.12 bits per heavy atom. The molecule has 122 valence electrons. The van der Waals surface area contributed by atoms with E-state index in [1.54, 1.807) is 13.1 Å². The van der Waals surface area contributed by atoms with Crippen molar-refractivity contribution in [1.82, 2.24) is 4.98 Å². The van der Waals surface area contributed by atoms with Gasteiger partial charge in [-0.15, -0.1) is 0 Å². The second kappa shape index (κ2) is 6.71. The van der Waals surface area contributed by atoms with Gasteiger partial charge in [0, 0.05) is 17.3 Å². The molecule has 0 aliphatic rings. The monoisotopic (exact) mass is 320 g/mol. The Balaban J connectivity index is 2.13. The molecule has 4 heteroatoms. The molecule has 0 aliphatic carbocycles. The number of benzene rings is 2. The van der Waals surface area contributed by atoms with E-state index >= 15 is 0 Å². The summed E-state index contributed by atoms with van der Waals surface area (Å²) in [5, 5.41) is 4.27. The van der Waals surface area contributed by atoms with Gasteiger partial charge in [0.2, 0.25) is 0 Å². The van der Waals surface area contributed by atoms with E-state index in [1.165, 1.54) is 11.1 Å². The molecule has 0 bridgehead atoms. The Hall–Kier alpha value is -2.88. The molecule has 0 fully saturated rings. The molecule has 1 heterocycles. The van der Waals surface area contributed by atoms with Crippen molar-refractivity contribution in [2.75, 3.05) is 11.9 Å². The van der Waals surface area contributed by atoms with Crippen molar-refractivity contribution in [1.29, 1.82) is 0 Å². The zero-order chi connectivity index (χ0) is 17.1. The number of nitrogens with zero attached hydrogens (tertiary/aromatic N) is 1. The number of para-hydroxylation sites is 1. The van der Waals surface area contributed by atoms with Gasteiger partial charge in [-0.25, -0.2) is 4.79 Å². The fourth-order valence-corrected chi connectivity index (χ4v) is 2.60. The number of carbonyl (C=O) groups is 1. The molecular formula is C20H20N2O2. The fourth-order valence-electron chi connectivity index (χ4n) is 2.60. The zero-order valence-electron chi connectivity index (χ0n) is 14.1. The molecule has 0 amide bonds. The van der Waals surface area contributed by atoms with E-state index in [1.807, 2.05) is 30.3 Å². The Bertz CT molecular complexity index is 903. The summed E-state index contributed by atoms with van der Waals surface area (Å²) >= 11 is 0. The first kappa shape index (κ1) is 16.0. The molecule has 24 heavy (non-hydrogen) atoms. The number of nitrogens with one attached hydrogen (secondary N) is 1. The highest BCUT2D eigenvalue weighted by Gasteiger charge is 2.16. The summed E-state index contributed by atoms with van der Waals surface area (Å²) in [5.74, 6) is -0.373. The highest BCUT2D eigenvalue weighted by molar-refractivity contribution is 6.06. The van der Waals surface area contributed by atoms with Gasteiger partial charge >= 0.3 is 5.97 Å². The Labute approximate surface area is 141 Å². The van der Waals surface area contributed by atoms with Crippen LogP contribution in [0, 0.1) is 13.8 Å². The summed E-state index contributed by atoms with van der Waals surface area (Å²) < 4.78 is 5.18. The fraction of sp³-hybridized carbons (Fsp3) is 0.200. The first-order valence-corrected chi connectivity index (χ1v) is 7.99. The summed E-state index contributed by atoms with van der Waals surface area (Å²) in [6.45, 7) is 6.26. The van der Waals surface area contributed by atoms with Crippen LogP contribution in [0.1, 0.15) is 28.4 Å². The lowest BCUT2D eigenvalue weighted by molar-refractivity contribution is 0.0527. The van der Waals surface area contributed by atoms with Crippen molar-refractivity contribution in [2.24, 2.45) is 0 Å². The second-order valence-electron chi connectivity index (χ2n) is 5.71. The van der Waals surface area contributed by atoms with Gasteiger partial charge in [-0.3, -0.25) is 4.98 Å². The van der Waals surface area contributed by atoms with Gasteiger partial charge in [-0.05, 0) is 50.1 Å². The van der Waals surface area contributed by atoms with Crippen LogP contribution in [0.25, 0.3) is 10.9 Å². The van der Waals surface area contributed by atoms with Gasteiger partial charge in [-0.1, -0.05) is 24.3 Å². The topological polar surface area (TPSA) is 51.2 Å². The number of fused-ring (bicyclic) bond motifs is 1. The predicted molar refractivity (Wildman–Crippen MR) is 96.9 cm³/mol. The van der Waals surface area contributed by atoms with Crippen molar-refractivity contribution < 1.29 is 9.53 Å². The van der Waals surface area contributed by atoms with Gasteiger partial charge in [0.15, 0.2) is 0 Å². The normalized spacial score (nSPS) is 10.6. The van der Waals surface area contributed by atoms with Crippen LogP contribution in [0.3, 0.4) is 0 Å². The molecule has 1 N–H and O–H groups in total. The van der Waals surface area contributed by atoms with E-state index in [9.17, 15) is 4.79 Å². The second-order valence-corrected chi connectivity index (χ2v) is 5.71. The van der Waals surface area contributed by atoms with Crippen LogP contribution in [-0.4, -0.2) is 17.6 Å². The van der Waals surface area contributed by atoms with Gasteiger partial charge in [0.1, 0.15) is 5.56 Å². The van der Waals surface area contributed by atoms with Crippen molar-refractivity contribution in [3.63, 3.8) is 0 Å². The molecule has 0 saturated carbocycles. The lowest BCUT2D eigenvalue weighted by Crippen LogP contribution is -2.09. The lowest BCUT2D eigenvalue weighted by atomic mass is 10.1. The largest absolute Gasteiger partial charge is 0.462 e. The van der Waals surface area contributed by atoms with E-state index in [4.69, 9.17) is 4.74 Å². The van der Waals surface area contributed by atoms with E-state index in [0.29, 0.717) is 12.2 Å². The van der Waals surface area contributed by atoms with Crippen molar-refractivity contribution in [3.05, 3.63) is 65.4 Å². The third kappa shape index (κ3) is 3.08. The first-order chi connectivity index (χ1) is 11.6. The first-order valence-electron chi connectivity index (χ1n) is 7.99. The number of anilines is 2. The number of hydrogen-bond acceptors (Lipinski definition) is 4. The number of pyridine rings is 1. The Kier molecular flexibility index (Phi) is 4.47. The molecule has 4 nitrogen and oxygen atoms in total. The molecule has 2 aromatic carbocycles. The zero-order valence-corrected chi connectivity index (χ0v) is 14.1. The Morgan fingerprint density at radius 3 is 2.67 bits per heavy atom. The number of esters is 1. The van der Waals surface area contributed by atoms with Gasteiger partial charge in [0.05, 0.1) is 17.8 Å². The van der Waals surface area contributed by atoms with Crippen LogP contribution in [0.2, 0.25) is 0 Å². The molecule has 0 unspecified atom stereocenters. The molecule has 3 aromatic rings. The van der Waals surface area contributed by atoms with Crippen LogP contribution in [0.15, 0.2) is 48.7 Å². The quantitative estimate of drug-likeness (QED) is 0.703. The summed E-state index contributed by atoms with van der Waals surface area (Å²) in [4.78, 5) is 16.7. The third-order valence-electron chi connectivity index (χ3n) is 4.05. The molecule has 0 saturated heterocycles. The highest BCUT2D eigenvalue weighted by atomic mass is 16.5. The minimum Gasteiger partial charge on any atom is -0.462 e. The maximum Gasteiger partial charge on any atom is 0.341 e. The highest BCUT2D eigenvalue weighted by Crippen LogP contribution is 2.30. The smallest absolute Gasteiger partial charge is 0.341 e. The molecule has 0 atom stereocenters. The van der Waals surface area contributed by atoms with Crippen LogP contribution < -0.4 is 5.32 Å². The van der Waals surface area contributed by atoms with Crippen LogP contribution in [0.5, 0.6) is 0 Å². The van der Waals surface area contributed by atoms with Gasteiger partial charge in [-0.2, -0.15) is 0 Å². The van der Waals surface area contributed by atoms with Crippen LogP contribution >= 0.6 is 0 Å². The number of aromatic nitrogens is 1. The van der Waals surface area contributed by atoms with Crippen molar-refractivity contribution in [2.45, 2.75) is 20.8 Å². The van der Waals surface area contributed by atoms with Crippen molar-refractivity contribution >= 4 is 28.2 Å². The van der Waals surface area contributed by atoms with Gasteiger partial charge in [0.25, 0.3) is 0 Å². The minimum absolute atomic E-state index is 0.328. The average molecular weight is 320 g/mol. The SMILES string of the molecule is CCOC(=O)c1cnc2ccccc2c1Nc1ccc(C)c(C)c1. The summed E-state index contributed by atoms with van der Waals surface area (Å²) in [6, 6.07) is 13.9. The van der Waals surface area contributed by atoms with E-state index in [0.717, 1.165) is 22.3 Å². The Morgan fingerprint density at radius 2 is 1.92 bits per heavy atom. The van der Waals surface area contributed by atoms with Crippen LogP contribution in [-0.2, 0) is 4.74 Å². The summed E-state index contributed by atoms with van der Waals surface area (Å²) in [5.41, 5.74) is 5.34. The predicted octanol–water partition coefficient (Wildman–Crippen LogP) is 4.77. The molecule has 0 spiro atoms. The maximum absolute atomic E-state index is 12.3. The number of carbonyl (C=O) groups excluding carboxylic acids is 1. The van der Waals surface area contributed by atoms with E-state index < -0.39 is 0 Å². The van der Waals surface area contributed by atoms with Crippen LogP contribution in [0.4, 0.5) is 11.4 Å². The average Bonchev–Trinajstić information content (AvgIpc) is 2.58. The van der Waals surface area contributed by atoms with Gasteiger partial charge < -0.3 is 10.1 Å². The van der Waals surface area contributed by atoms with Crippen molar-refractivity contribution in [3.8, 4) is 0 Å². The molecule has 1 aromatic heterocycles. The van der Waals surface area contributed by atoms with E-state index in [2.05, 4.69) is 36.3 Å². The summed E-state index contributed by atoms with van der Waals surface area (Å²) in [6.07, 6.45) is 1.57. The van der Waals surface area contributed by atoms with E-state index in [-0.39, 0.29) is 5.97 Å².